The topological polar surface area (TPSA) is 97.0 Å². The van der Waals surface area contributed by atoms with Gasteiger partial charge in [-0.25, -0.2) is 4.39 Å². The van der Waals surface area contributed by atoms with Gasteiger partial charge < -0.3 is 14.6 Å². The number of anilines is 1. The van der Waals surface area contributed by atoms with Gasteiger partial charge in [0, 0.05) is 43.9 Å². The molecule has 1 aliphatic heterocycles. The maximum Gasteiger partial charge on any atom is 0.318 e. The van der Waals surface area contributed by atoms with Crippen molar-refractivity contribution in [2.75, 3.05) is 18.0 Å². The van der Waals surface area contributed by atoms with Crippen molar-refractivity contribution in [3.8, 4) is 0 Å². The fourth-order valence-corrected chi connectivity index (χ4v) is 3.18. The van der Waals surface area contributed by atoms with Crippen LogP contribution in [0.15, 0.2) is 35.1 Å². The van der Waals surface area contributed by atoms with Gasteiger partial charge in [0.15, 0.2) is 0 Å². The van der Waals surface area contributed by atoms with Gasteiger partial charge in [0.2, 0.25) is 5.89 Å². The molecule has 8 nitrogen and oxygen atoms in total. The van der Waals surface area contributed by atoms with Crippen LogP contribution in [0.3, 0.4) is 0 Å². The Morgan fingerprint density at radius 1 is 1.38 bits per heavy atom. The first-order valence-electron chi connectivity index (χ1n) is 8.29. The molecule has 0 spiro atoms. The van der Waals surface area contributed by atoms with Crippen LogP contribution in [0.5, 0.6) is 0 Å². The van der Waals surface area contributed by atoms with E-state index in [1.54, 1.807) is 42.5 Å². The van der Waals surface area contributed by atoms with Gasteiger partial charge in [0.1, 0.15) is 6.17 Å². The van der Waals surface area contributed by atoms with Crippen LogP contribution in [0.1, 0.15) is 22.7 Å². The molecular formula is C17H17FN6O2. The predicted molar refractivity (Wildman–Crippen MR) is 91.6 cm³/mol. The van der Waals surface area contributed by atoms with Gasteiger partial charge in [-0.05, 0) is 12.1 Å². The van der Waals surface area contributed by atoms with Crippen molar-refractivity contribution >= 4 is 22.8 Å². The number of alkyl halides is 1. The molecule has 3 aromatic rings. The number of carbonyl (C=O) groups is 1. The van der Waals surface area contributed by atoms with E-state index in [4.69, 9.17) is 4.42 Å². The molecule has 134 valence electrons. The molecule has 3 aromatic heterocycles. The summed E-state index contributed by atoms with van der Waals surface area (Å²) in [5.74, 6) is 0.162. The average Bonchev–Trinajstić information content (AvgIpc) is 3.24. The minimum atomic E-state index is -1.00. The maximum atomic E-state index is 13.9. The van der Waals surface area contributed by atoms with Crippen LogP contribution in [-0.2, 0) is 0 Å². The zero-order valence-corrected chi connectivity index (χ0v) is 14.1. The Balaban J connectivity index is 1.49. The van der Waals surface area contributed by atoms with E-state index in [-0.39, 0.29) is 31.1 Å². The second kappa shape index (κ2) is 6.66. The summed E-state index contributed by atoms with van der Waals surface area (Å²) in [4.78, 5) is 22.6. The largest absolute Gasteiger partial charge is 0.408 e. The number of hydrogen-bond acceptors (Lipinski definition) is 7. The van der Waals surface area contributed by atoms with Crippen LogP contribution in [0.2, 0.25) is 0 Å². The molecule has 1 amide bonds. The number of rotatable bonds is 4. The van der Waals surface area contributed by atoms with E-state index in [9.17, 15) is 9.18 Å². The Hall–Kier alpha value is -3.10. The summed E-state index contributed by atoms with van der Waals surface area (Å²) in [6.45, 7) is 2.12. The van der Waals surface area contributed by atoms with Gasteiger partial charge in [0.25, 0.3) is 5.91 Å². The SMILES string of the molecule is Cc1nnc(N2C[C@@H](F)C[C@H]2CNC(=O)c2ccnc3ccncc23)o1. The van der Waals surface area contributed by atoms with Crippen molar-refractivity contribution in [3.63, 3.8) is 0 Å². The van der Waals surface area contributed by atoms with E-state index in [0.29, 0.717) is 28.8 Å². The Bertz CT molecular complexity index is 940. The van der Waals surface area contributed by atoms with Crippen LogP contribution in [0.4, 0.5) is 10.4 Å². The van der Waals surface area contributed by atoms with E-state index in [2.05, 4.69) is 25.5 Å². The van der Waals surface area contributed by atoms with E-state index in [0.717, 1.165) is 0 Å². The highest BCUT2D eigenvalue weighted by Crippen LogP contribution is 2.26. The van der Waals surface area contributed by atoms with Crippen molar-refractivity contribution in [2.24, 2.45) is 0 Å². The van der Waals surface area contributed by atoms with Crippen LogP contribution in [0, 0.1) is 6.92 Å². The fraction of sp³-hybridized carbons (Fsp3) is 0.353. The Labute approximate surface area is 148 Å². The molecule has 0 unspecified atom stereocenters. The summed E-state index contributed by atoms with van der Waals surface area (Å²) in [5.41, 5.74) is 1.18. The number of carbonyl (C=O) groups excluding carboxylic acids is 1. The lowest BCUT2D eigenvalue weighted by atomic mass is 10.1. The molecule has 0 aromatic carbocycles. The summed E-state index contributed by atoms with van der Waals surface area (Å²) >= 11 is 0. The molecule has 1 N–H and O–H groups in total. The predicted octanol–water partition coefficient (Wildman–Crippen LogP) is 1.67. The number of fused-ring (bicyclic) bond motifs is 1. The molecule has 2 atom stereocenters. The number of hydrogen-bond donors (Lipinski definition) is 1. The number of amides is 1. The molecule has 26 heavy (non-hydrogen) atoms. The lowest BCUT2D eigenvalue weighted by Gasteiger charge is -2.22. The summed E-state index contributed by atoms with van der Waals surface area (Å²) in [6.07, 6.45) is 4.10. The Kier molecular flexibility index (Phi) is 4.19. The second-order valence-corrected chi connectivity index (χ2v) is 6.20. The maximum absolute atomic E-state index is 13.9. The second-order valence-electron chi connectivity index (χ2n) is 6.20. The molecule has 0 bridgehead atoms. The number of aryl methyl sites for hydroxylation is 1. The van der Waals surface area contributed by atoms with Gasteiger partial charge in [-0.1, -0.05) is 5.10 Å². The first-order valence-corrected chi connectivity index (χ1v) is 8.29. The van der Waals surface area contributed by atoms with Crippen molar-refractivity contribution in [3.05, 3.63) is 42.2 Å². The number of pyridine rings is 2. The molecule has 1 aliphatic rings. The Morgan fingerprint density at radius 2 is 2.27 bits per heavy atom. The van der Waals surface area contributed by atoms with Gasteiger partial charge in [-0.3, -0.25) is 14.8 Å². The Morgan fingerprint density at radius 3 is 3.08 bits per heavy atom. The first-order chi connectivity index (χ1) is 12.6. The quantitative estimate of drug-likeness (QED) is 0.759. The summed E-state index contributed by atoms with van der Waals surface area (Å²) in [5, 5.41) is 11.3. The van der Waals surface area contributed by atoms with Crippen LogP contribution in [0.25, 0.3) is 10.9 Å². The average molecular weight is 356 g/mol. The monoisotopic (exact) mass is 356 g/mol. The van der Waals surface area contributed by atoms with Crippen LogP contribution >= 0.6 is 0 Å². The zero-order valence-electron chi connectivity index (χ0n) is 14.1. The number of nitrogens with one attached hydrogen (secondary N) is 1. The standard InChI is InChI=1S/C17H17FN6O2/c1-10-22-23-17(26-10)24-9-11(18)6-12(24)7-21-16(25)13-2-5-20-15-3-4-19-8-14(13)15/h2-5,8,11-12H,6-7,9H2,1H3,(H,21,25)/t11-,12-/m0/s1. The van der Waals surface area contributed by atoms with Crippen molar-refractivity contribution in [2.45, 2.75) is 25.6 Å². The number of nitrogens with zero attached hydrogens (tertiary/aromatic N) is 5. The first kappa shape index (κ1) is 16.4. The highest BCUT2D eigenvalue weighted by atomic mass is 19.1. The summed E-state index contributed by atoms with van der Waals surface area (Å²) in [6, 6.07) is 3.42. The van der Waals surface area contributed by atoms with E-state index in [1.807, 2.05) is 0 Å². The van der Waals surface area contributed by atoms with E-state index < -0.39 is 6.17 Å². The number of aromatic nitrogens is 4. The smallest absolute Gasteiger partial charge is 0.318 e. The number of halogens is 1. The minimum absolute atomic E-state index is 0.171. The van der Waals surface area contributed by atoms with Crippen molar-refractivity contribution in [1.29, 1.82) is 0 Å². The molecule has 0 aliphatic carbocycles. The molecule has 4 heterocycles. The summed E-state index contributed by atoms with van der Waals surface area (Å²) in [7, 11) is 0. The molecule has 0 radical (unpaired) electrons. The third-order valence-electron chi connectivity index (χ3n) is 4.41. The molecule has 0 saturated carbocycles. The van der Waals surface area contributed by atoms with Gasteiger partial charge in [0.05, 0.1) is 23.7 Å². The third-order valence-corrected chi connectivity index (χ3v) is 4.41. The van der Waals surface area contributed by atoms with Crippen molar-refractivity contribution in [1.82, 2.24) is 25.5 Å². The highest BCUT2D eigenvalue weighted by Gasteiger charge is 2.35. The summed E-state index contributed by atoms with van der Waals surface area (Å²) < 4.78 is 19.3. The van der Waals surface area contributed by atoms with Gasteiger partial charge in [-0.15, -0.1) is 5.10 Å². The minimum Gasteiger partial charge on any atom is -0.408 e. The lowest BCUT2D eigenvalue weighted by Crippen LogP contribution is -2.40. The normalized spacial score (nSPS) is 19.8. The molecule has 1 fully saturated rings. The lowest BCUT2D eigenvalue weighted by molar-refractivity contribution is 0.0952. The van der Waals surface area contributed by atoms with Gasteiger partial charge >= 0.3 is 6.01 Å². The molecule has 4 rings (SSSR count). The van der Waals surface area contributed by atoms with Crippen molar-refractivity contribution < 1.29 is 13.6 Å². The highest BCUT2D eigenvalue weighted by molar-refractivity contribution is 6.05. The van der Waals surface area contributed by atoms with E-state index in [1.165, 1.54) is 0 Å². The third kappa shape index (κ3) is 3.07. The van der Waals surface area contributed by atoms with Crippen LogP contribution in [-0.4, -0.2) is 51.4 Å². The fourth-order valence-electron chi connectivity index (χ4n) is 3.18. The van der Waals surface area contributed by atoms with E-state index >= 15 is 0 Å². The molecule has 9 heteroatoms. The zero-order chi connectivity index (χ0) is 18.1. The van der Waals surface area contributed by atoms with Crippen LogP contribution < -0.4 is 10.2 Å². The molecule has 1 saturated heterocycles. The van der Waals surface area contributed by atoms with Gasteiger partial charge in [-0.2, -0.15) is 0 Å². The molecular weight excluding hydrogens is 339 g/mol.